The summed E-state index contributed by atoms with van der Waals surface area (Å²) in [7, 11) is 0. The van der Waals surface area contributed by atoms with Crippen molar-refractivity contribution in [2.45, 2.75) is 33.1 Å². The smallest absolute Gasteiger partial charge is 0.00874 e. The van der Waals surface area contributed by atoms with Crippen LogP contribution in [0.4, 0.5) is 0 Å². The SMILES string of the molecule is C\C=C/C=C\C(=C/C=C\C)c1ccc(C2C=C(c3cccc4c3Cc3ccccc3-4)C=CC2C)cc1. The molecule has 0 saturated heterocycles. The van der Waals surface area contributed by atoms with Gasteiger partial charge >= 0.3 is 0 Å². The third kappa shape index (κ3) is 4.77. The summed E-state index contributed by atoms with van der Waals surface area (Å²) in [6.45, 7) is 6.42. The number of hydrogen-bond acceptors (Lipinski definition) is 0. The summed E-state index contributed by atoms with van der Waals surface area (Å²) in [6, 6.07) is 24.8. The Morgan fingerprint density at radius 3 is 2.33 bits per heavy atom. The molecule has 2 aliphatic carbocycles. The van der Waals surface area contributed by atoms with Crippen LogP contribution in [0.15, 0.2) is 127 Å². The molecule has 0 N–H and O–H groups in total. The van der Waals surface area contributed by atoms with Crippen LogP contribution in [-0.2, 0) is 6.42 Å². The van der Waals surface area contributed by atoms with Gasteiger partial charge in [-0.15, -0.1) is 0 Å². The summed E-state index contributed by atoms with van der Waals surface area (Å²) >= 11 is 0. The van der Waals surface area contributed by atoms with Gasteiger partial charge in [-0.25, -0.2) is 0 Å². The quantitative estimate of drug-likeness (QED) is 0.248. The van der Waals surface area contributed by atoms with E-state index in [0.29, 0.717) is 11.8 Å². The van der Waals surface area contributed by atoms with Crippen molar-refractivity contribution in [3.05, 3.63) is 155 Å². The third-order valence-corrected chi connectivity index (χ3v) is 7.34. The third-order valence-electron chi connectivity index (χ3n) is 7.34. The minimum absolute atomic E-state index is 0.361. The minimum atomic E-state index is 0.361. The highest BCUT2D eigenvalue weighted by atomic mass is 14.3. The fourth-order valence-corrected chi connectivity index (χ4v) is 5.40. The lowest BCUT2D eigenvalue weighted by Crippen LogP contribution is -2.09. The molecule has 0 spiro atoms. The van der Waals surface area contributed by atoms with E-state index in [2.05, 4.69) is 141 Å². The average Bonchev–Trinajstić information content (AvgIpc) is 3.30. The summed E-state index contributed by atoms with van der Waals surface area (Å²) in [5.74, 6) is 0.821. The first-order chi connectivity index (χ1) is 17.7. The van der Waals surface area contributed by atoms with Gasteiger partial charge in [0.15, 0.2) is 0 Å². The van der Waals surface area contributed by atoms with Crippen LogP contribution >= 0.6 is 0 Å². The first-order valence-electron chi connectivity index (χ1n) is 13.0. The van der Waals surface area contributed by atoms with E-state index >= 15 is 0 Å². The molecule has 0 heterocycles. The normalized spacial score (nSPS) is 19.3. The van der Waals surface area contributed by atoms with Gasteiger partial charge in [-0.3, -0.25) is 0 Å². The Morgan fingerprint density at radius 2 is 1.53 bits per heavy atom. The van der Waals surface area contributed by atoms with Crippen LogP contribution in [-0.4, -0.2) is 0 Å². The maximum Gasteiger partial charge on any atom is 0.00874 e. The van der Waals surface area contributed by atoms with Gasteiger partial charge in [0.25, 0.3) is 0 Å². The number of rotatable bonds is 6. The van der Waals surface area contributed by atoms with Crippen molar-refractivity contribution in [2.24, 2.45) is 5.92 Å². The van der Waals surface area contributed by atoms with Gasteiger partial charge in [-0.1, -0.05) is 134 Å². The second-order valence-electron chi connectivity index (χ2n) is 9.69. The highest BCUT2D eigenvalue weighted by molar-refractivity contribution is 5.86. The monoisotopic (exact) mass is 466 g/mol. The summed E-state index contributed by atoms with van der Waals surface area (Å²) in [6.07, 6.45) is 23.0. The van der Waals surface area contributed by atoms with Crippen LogP contribution in [0.2, 0.25) is 0 Å². The van der Waals surface area contributed by atoms with Crippen molar-refractivity contribution in [1.82, 2.24) is 0 Å². The molecule has 0 aromatic heterocycles. The van der Waals surface area contributed by atoms with E-state index in [4.69, 9.17) is 0 Å². The van der Waals surface area contributed by atoms with E-state index in [0.717, 1.165) is 6.42 Å². The van der Waals surface area contributed by atoms with Crippen LogP contribution in [0, 0.1) is 5.92 Å². The Balaban J connectivity index is 1.46. The van der Waals surface area contributed by atoms with Crippen LogP contribution < -0.4 is 0 Å². The van der Waals surface area contributed by atoms with Crippen LogP contribution in [0.3, 0.4) is 0 Å². The predicted octanol–water partition coefficient (Wildman–Crippen LogP) is 9.72. The zero-order chi connectivity index (χ0) is 24.9. The number of fused-ring (bicyclic) bond motifs is 3. The summed E-state index contributed by atoms with van der Waals surface area (Å²) < 4.78 is 0. The van der Waals surface area contributed by atoms with E-state index in [1.165, 1.54) is 50.1 Å². The van der Waals surface area contributed by atoms with Gasteiger partial charge in [-0.05, 0) is 76.3 Å². The van der Waals surface area contributed by atoms with Crippen LogP contribution in [0.25, 0.3) is 22.3 Å². The first kappa shape index (κ1) is 23.8. The van der Waals surface area contributed by atoms with Crippen molar-refractivity contribution in [3.8, 4) is 11.1 Å². The standard InChI is InChI=1S/C36H34/c1-4-6-8-13-27(12-7-5-2)28-20-22-29(23-21-28)35-24-31(19-18-26(35)3)33-16-11-17-34-32-15-10-9-14-30(32)25-36(33)34/h4-24,26,35H,25H2,1-3H3/b6-4-,7-5-,13-8-,27-12+. The van der Waals surface area contributed by atoms with Gasteiger partial charge in [0.2, 0.25) is 0 Å². The number of benzene rings is 3. The molecule has 0 saturated carbocycles. The molecule has 0 radical (unpaired) electrons. The molecule has 0 nitrogen and oxygen atoms in total. The Bertz CT molecular complexity index is 1420. The topological polar surface area (TPSA) is 0 Å². The van der Waals surface area contributed by atoms with Gasteiger partial charge < -0.3 is 0 Å². The lowest BCUT2D eigenvalue weighted by Gasteiger charge is -2.25. The molecule has 0 fully saturated rings. The summed E-state index contributed by atoms with van der Waals surface area (Å²) in [5, 5.41) is 0. The highest BCUT2D eigenvalue weighted by Crippen LogP contribution is 2.43. The molecule has 0 heteroatoms. The van der Waals surface area contributed by atoms with E-state index in [1.807, 2.05) is 6.92 Å². The summed E-state index contributed by atoms with van der Waals surface area (Å²) in [5.41, 5.74) is 12.2. The fourth-order valence-electron chi connectivity index (χ4n) is 5.40. The molecule has 3 aromatic rings. The zero-order valence-corrected chi connectivity index (χ0v) is 21.5. The van der Waals surface area contributed by atoms with Crippen molar-refractivity contribution < 1.29 is 0 Å². The Morgan fingerprint density at radius 1 is 0.778 bits per heavy atom. The second-order valence-corrected chi connectivity index (χ2v) is 9.69. The first-order valence-corrected chi connectivity index (χ1v) is 13.0. The van der Waals surface area contributed by atoms with E-state index in [1.54, 1.807) is 0 Å². The van der Waals surface area contributed by atoms with Gasteiger partial charge in [0.1, 0.15) is 0 Å². The minimum Gasteiger partial charge on any atom is -0.0877 e. The molecule has 0 amide bonds. The van der Waals surface area contributed by atoms with Crippen molar-refractivity contribution >= 4 is 11.1 Å². The molecule has 2 atom stereocenters. The van der Waals surface area contributed by atoms with Crippen molar-refractivity contribution in [3.63, 3.8) is 0 Å². The predicted molar refractivity (Wildman–Crippen MR) is 157 cm³/mol. The maximum absolute atomic E-state index is 2.49. The Hall–Kier alpha value is -3.90. The average molecular weight is 467 g/mol. The highest BCUT2D eigenvalue weighted by Gasteiger charge is 2.24. The van der Waals surface area contributed by atoms with Gasteiger partial charge in [0.05, 0.1) is 0 Å². The summed E-state index contributed by atoms with van der Waals surface area (Å²) in [4.78, 5) is 0. The lowest BCUT2D eigenvalue weighted by atomic mass is 9.79. The molecule has 3 aromatic carbocycles. The lowest BCUT2D eigenvalue weighted by molar-refractivity contribution is 0.637. The van der Waals surface area contributed by atoms with E-state index in [-0.39, 0.29) is 0 Å². The van der Waals surface area contributed by atoms with Gasteiger partial charge in [-0.2, -0.15) is 0 Å². The van der Waals surface area contributed by atoms with E-state index < -0.39 is 0 Å². The molecule has 178 valence electrons. The molecule has 36 heavy (non-hydrogen) atoms. The Kier molecular flexibility index (Phi) is 7.14. The zero-order valence-electron chi connectivity index (χ0n) is 21.5. The molecular formula is C36H34. The van der Waals surface area contributed by atoms with Crippen LogP contribution in [0.1, 0.15) is 54.5 Å². The molecule has 2 aliphatic rings. The number of allylic oxidation sites excluding steroid dienone is 12. The van der Waals surface area contributed by atoms with Crippen molar-refractivity contribution in [2.75, 3.05) is 0 Å². The number of hydrogen-bond donors (Lipinski definition) is 0. The Labute approximate surface area is 216 Å². The molecule has 5 rings (SSSR count). The molecule has 0 bridgehead atoms. The van der Waals surface area contributed by atoms with Crippen molar-refractivity contribution in [1.29, 1.82) is 0 Å². The fraction of sp³-hybridized carbons (Fsp3) is 0.167. The molecule has 2 unspecified atom stereocenters. The van der Waals surface area contributed by atoms with E-state index in [9.17, 15) is 0 Å². The molecular weight excluding hydrogens is 432 g/mol. The maximum atomic E-state index is 2.49. The van der Waals surface area contributed by atoms with Gasteiger partial charge in [0, 0.05) is 5.92 Å². The van der Waals surface area contributed by atoms with Crippen LogP contribution in [0.5, 0.6) is 0 Å². The molecule has 0 aliphatic heterocycles. The largest absolute Gasteiger partial charge is 0.0877 e. The second kappa shape index (κ2) is 10.8.